The number of ether oxygens (including phenoxy) is 1. The van der Waals surface area contributed by atoms with Gasteiger partial charge in [-0.3, -0.25) is 4.79 Å². The van der Waals surface area contributed by atoms with Gasteiger partial charge in [-0.15, -0.1) is 5.10 Å². The van der Waals surface area contributed by atoms with Crippen LogP contribution in [0.25, 0.3) is 0 Å². The van der Waals surface area contributed by atoms with E-state index >= 15 is 0 Å². The van der Waals surface area contributed by atoms with Crippen molar-refractivity contribution in [3.8, 4) is 0 Å². The monoisotopic (exact) mass is 353 g/mol. The Morgan fingerprint density at radius 3 is 2.79 bits per heavy atom. The highest BCUT2D eigenvalue weighted by Gasteiger charge is 2.40. The molecular formula is C8H12BrN5O4S. The number of aryl methyl sites for hydroxylation is 1. The van der Waals surface area contributed by atoms with Crippen LogP contribution < -0.4 is 5.73 Å². The number of hydrogen-bond acceptors (Lipinski definition) is 6. The highest BCUT2D eigenvalue weighted by Crippen LogP contribution is 2.24. The standard InChI is InChI=1S/C8H12BrN5O4S/c1-13-8(6(9)11-12-13)19(16,17)14-2-3-18-4-5(14)7(10)15/h5H,2-4H2,1H3,(H2,10,15). The van der Waals surface area contributed by atoms with Crippen LogP contribution in [0.3, 0.4) is 0 Å². The number of halogens is 1. The first-order chi connectivity index (χ1) is 8.85. The Morgan fingerprint density at radius 2 is 2.26 bits per heavy atom. The van der Waals surface area contributed by atoms with Crippen molar-refractivity contribution < 1.29 is 17.9 Å². The molecule has 106 valence electrons. The van der Waals surface area contributed by atoms with Crippen molar-refractivity contribution in [3.63, 3.8) is 0 Å². The van der Waals surface area contributed by atoms with E-state index in [1.807, 2.05) is 0 Å². The molecule has 1 unspecified atom stereocenters. The summed E-state index contributed by atoms with van der Waals surface area (Å²) in [5.74, 6) is -0.755. The molecule has 1 aromatic rings. The largest absolute Gasteiger partial charge is 0.378 e. The number of carbonyl (C=O) groups excluding carboxylic acids is 1. The van der Waals surface area contributed by atoms with Gasteiger partial charge in [0.15, 0.2) is 4.60 Å². The van der Waals surface area contributed by atoms with E-state index in [1.54, 1.807) is 0 Å². The second kappa shape index (κ2) is 5.15. The highest BCUT2D eigenvalue weighted by molar-refractivity contribution is 9.10. The Kier molecular flexibility index (Phi) is 3.90. The van der Waals surface area contributed by atoms with Gasteiger partial charge in [-0.05, 0) is 15.9 Å². The molecule has 1 fully saturated rings. The van der Waals surface area contributed by atoms with Gasteiger partial charge in [0.2, 0.25) is 10.9 Å². The van der Waals surface area contributed by atoms with E-state index in [0.29, 0.717) is 0 Å². The number of nitrogens with two attached hydrogens (primary N) is 1. The fraction of sp³-hybridized carbons (Fsp3) is 0.625. The second-order valence-corrected chi connectivity index (χ2v) is 6.47. The fourth-order valence-corrected chi connectivity index (χ4v) is 4.41. The van der Waals surface area contributed by atoms with Crippen LogP contribution in [-0.4, -0.2) is 59.4 Å². The van der Waals surface area contributed by atoms with Gasteiger partial charge in [-0.25, -0.2) is 13.1 Å². The molecule has 2 rings (SSSR count). The first-order valence-corrected chi connectivity index (χ1v) is 7.53. The Balaban J connectivity index is 2.46. The van der Waals surface area contributed by atoms with E-state index < -0.39 is 22.0 Å². The third kappa shape index (κ3) is 2.50. The summed E-state index contributed by atoms with van der Waals surface area (Å²) >= 11 is 3.03. The third-order valence-electron chi connectivity index (χ3n) is 2.70. The zero-order chi connectivity index (χ0) is 14.2. The van der Waals surface area contributed by atoms with Gasteiger partial charge < -0.3 is 10.5 Å². The van der Waals surface area contributed by atoms with Crippen molar-refractivity contribution in [1.82, 2.24) is 19.3 Å². The summed E-state index contributed by atoms with van der Waals surface area (Å²) in [5.41, 5.74) is 5.21. The number of sulfonamides is 1. The van der Waals surface area contributed by atoms with Crippen LogP contribution in [0.5, 0.6) is 0 Å². The Hall–Kier alpha value is -1.04. The maximum absolute atomic E-state index is 12.5. The van der Waals surface area contributed by atoms with Crippen LogP contribution in [0.2, 0.25) is 0 Å². The molecular weight excluding hydrogens is 342 g/mol. The van der Waals surface area contributed by atoms with Crippen molar-refractivity contribution in [3.05, 3.63) is 4.60 Å². The number of hydrogen-bond donors (Lipinski definition) is 1. The quantitative estimate of drug-likeness (QED) is 0.702. The molecule has 1 aliphatic heterocycles. The highest BCUT2D eigenvalue weighted by atomic mass is 79.9. The van der Waals surface area contributed by atoms with Crippen LogP contribution in [0.15, 0.2) is 9.63 Å². The van der Waals surface area contributed by atoms with E-state index in [0.717, 1.165) is 8.99 Å². The lowest BCUT2D eigenvalue weighted by Crippen LogP contribution is -2.54. The van der Waals surface area contributed by atoms with Crippen LogP contribution in [0, 0.1) is 0 Å². The van der Waals surface area contributed by atoms with Crippen LogP contribution in [0.1, 0.15) is 0 Å². The summed E-state index contributed by atoms with van der Waals surface area (Å²) in [6.07, 6.45) is 0. The molecule has 11 heteroatoms. The average Bonchev–Trinajstić information content (AvgIpc) is 2.69. The number of carbonyl (C=O) groups is 1. The van der Waals surface area contributed by atoms with E-state index in [2.05, 4.69) is 26.2 Å². The zero-order valence-electron chi connectivity index (χ0n) is 9.98. The van der Waals surface area contributed by atoms with Gasteiger partial charge in [-0.2, -0.15) is 4.31 Å². The van der Waals surface area contributed by atoms with Gasteiger partial charge in [0, 0.05) is 13.6 Å². The molecule has 0 radical (unpaired) electrons. The molecule has 9 nitrogen and oxygen atoms in total. The lowest BCUT2D eigenvalue weighted by Gasteiger charge is -2.32. The van der Waals surface area contributed by atoms with E-state index in [4.69, 9.17) is 10.5 Å². The molecule has 0 aliphatic carbocycles. The van der Waals surface area contributed by atoms with E-state index in [9.17, 15) is 13.2 Å². The molecule has 1 aliphatic rings. The van der Waals surface area contributed by atoms with Crippen LogP contribution in [0.4, 0.5) is 0 Å². The molecule has 0 aromatic carbocycles. The van der Waals surface area contributed by atoms with Crippen molar-refractivity contribution in [2.24, 2.45) is 12.8 Å². The Morgan fingerprint density at radius 1 is 1.58 bits per heavy atom. The predicted octanol–water partition coefficient (Wildman–Crippen LogP) is -1.55. The van der Waals surface area contributed by atoms with Crippen LogP contribution >= 0.6 is 15.9 Å². The third-order valence-corrected chi connectivity index (χ3v) is 5.50. The number of aromatic nitrogens is 3. The first-order valence-electron chi connectivity index (χ1n) is 5.29. The molecule has 1 amide bonds. The summed E-state index contributed by atoms with van der Waals surface area (Å²) in [6, 6.07) is -1.03. The minimum Gasteiger partial charge on any atom is -0.378 e. The molecule has 19 heavy (non-hydrogen) atoms. The first kappa shape index (κ1) is 14.4. The Labute approximate surface area is 117 Å². The minimum absolute atomic E-state index is 0.0492. The van der Waals surface area contributed by atoms with Gasteiger partial charge in [0.25, 0.3) is 10.0 Å². The molecule has 1 aromatic heterocycles. The lowest BCUT2D eigenvalue weighted by atomic mass is 10.3. The van der Waals surface area contributed by atoms with Gasteiger partial charge in [-0.1, -0.05) is 5.21 Å². The van der Waals surface area contributed by atoms with Crippen molar-refractivity contribution in [2.75, 3.05) is 19.8 Å². The molecule has 1 atom stereocenters. The Bertz CT molecular complexity index is 581. The predicted molar refractivity (Wildman–Crippen MR) is 66.4 cm³/mol. The maximum Gasteiger partial charge on any atom is 0.263 e. The molecule has 2 N–H and O–H groups in total. The minimum atomic E-state index is -3.93. The van der Waals surface area contributed by atoms with E-state index in [1.165, 1.54) is 7.05 Å². The maximum atomic E-state index is 12.5. The van der Waals surface area contributed by atoms with Gasteiger partial charge >= 0.3 is 0 Å². The number of nitrogens with zero attached hydrogens (tertiary/aromatic N) is 4. The molecule has 2 heterocycles. The van der Waals surface area contributed by atoms with Gasteiger partial charge in [0.05, 0.1) is 13.2 Å². The summed E-state index contributed by atoms with van der Waals surface area (Å²) < 4.78 is 32.4. The fourth-order valence-electron chi connectivity index (χ4n) is 1.81. The summed E-state index contributed by atoms with van der Waals surface area (Å²) in [5, 5.41) is 7.11. The summed E-state index contributed by atoms with van der Waals surface area (Å²) in [7, 11) is -2.48. The topological polar surface area (TPSA) is 120 Å². The molecule has 0 bridgehead atoms. The van der Waals surface area contributed by atoms with Crippen LogP contribution in [-0.2, 0) is 26.6 Å². The molecule has 0 saturated carbocycles. The lowest BCUT2D eigenvalue weighted by molar-refractivity contribution is -0.125. The molecule has 0 spiro atoms. The second-order valence-electron chi connectivity index (χ2n) is 3.92. The SMILES string of the molecule is Cn1nnc(Br)c1S(=O)(=O)N1CCOCC1C(N)=O. The van der Waals surface area contributed by atoms with Crippen molar-refractivity contribution >= 4 is 31.9 Å². The van der Waals surface area contributed by atoms with E-state index in [-0.39, 0.29) is 29.4 Å². The smallest absolute Gasteiger partial charge is 0.263 e. The van der Waals surface area contributed by atoms with Crippen molar-refractivity contribution in [1.29, 1.82) is 0 Å². The number of primary amides is 1. The molecule has 1 saturated heterocycles. The van der Waals surface area contributed by atoms with Gasteiger partial charge in [0.1, 0.15) is 6.04 Å². The average molecular weight is 354 g/mol. The summed E-state index contributed by atoms with van der Waals surface area (Å²) in [6.45, 7) is 0.191. The number of amides is 1. The zero-order valence-corrected chi connectivity index (χ0v) is 12.4. The van der Waals surface area contributed by atoms with Crippen molar-refractivity contribution in [2.45, 2.75) is 11.1 Å². The number of morpholine rings is 1. The summed E-state index contributed by atoms with van der Waals surface area (Å²) in [4.78, 5) is 11.3. The number of rotatable bonds is 3. The normalized spacial score (nSPS) is 21.5.